The van der Waals surface area contributed by atoms with E-state index in [2.05, 4.69) is 51.2 Å². The molecule has 0 saturated heterocycles. The average Bonchev–Trinajstić information content (AvgIpc) is 2.38. The van der Waals surface area contributed by atoms with Crippen molar-refractivity contribution in [3.05, 3.63) is 29.8 Å². The van der Waals surface area contributed by atoms with E-state index >= 15 is 0 Å². The van der Waals surface area contributed by atoms with Crippen LogP contribution in [0.5, 0.6) is 5.75 Å². The molecule has 2 heteroatoms. The number of rotatable bonds is 9. The maximum absolute atomic E-state index is 5.74. The van der Waals surface area contributed by atoms with Crippen LogP contribution < -0.4 is 10.1 Å². The number of benzene rings is 1. The van der Waals surface area contributed by atoms with Gasteiger partial charge >= 0.3 is 0 Å². The molecule has 0 bridgehead atoms. The van der Waals surface area contributed by atoms with E-state index in [0.29, 0.717) is 6.04 Å². The van der Waals surface area contributed by atoms with Gasteiger partial charge in [-0.1, -0.05) is 26.0 Å². The highest BCUT2D eigenvalue weighted by Crippen LogP contribution is 2.17. The fourth-order valence-electron chi connectivity index (χ4n) is 2.19. The standard InChI is InChI=1S/C17H29NO/c1-5-12-18-16(6-2)11-10-15-8-7-9-17(13-15)19-14(3)4/h7-9,13-14,16,18H,5-6,10-12H2,1-4H3. The zero-order valence-corrected chi connectivity index (χ0v) is 12.9. The second-order valence-corrected chi connectivity index (χ2v) is 5.41. The fraction of sp³-hybridized carbons (Fsp3) is 0.647. The molecule has 1 aromatic carbocycles. The summed E-state index contributed by atoms with van der Waals surface area (Å²) in [6, 6.07) is 9.13. The fourth-order valence-corrected chi connectivity index (χ4v) is 2.19. The number of ether oxygens (including phenoxy) is 1. The van der Waals surface area contributed by atoms with E-state index < -0.39 is 0 Å². The molecule has 0 spiro atoms. The minimum Gasteiger partial charge on any atom is -0.491 e. The molecular formula is C17H29NO. The molecule has 108 valence electrons. The van der Waals surface area contributed by atoms with Crippen LogP contribution in [0.15, 0.2) is 24.3 Å². The first-order chi connectivity index (χ1) is 9.15. The van der Waals surface area contributed by atoms with E-state index in [9.17, 15) is 0 Å². The number of hydrogen-bond acceptors (Lipinski definition) is 2. The Morgan fingerprint density at radius 3 is 2.63 bits per heavy atom. The van der Waals surface area contributed by atoms with E-state index in [1.807, 2.05) is 6.07 Å². The van der Waals surface area contributed by atoms with Gasteiger partial charge in [-0.05, 0) is 63.8 Å². The Bertz CT molecular complexity index is 349. The van der Waals surface area contributed by atoms with E-state index in [-0.39, 0.29) is 6.10 Å². The molecule has 0 aromatic heterocycles. The summed E-state index contributed by atoms with van der Waals surface area (Å²) in [5, 5.41) is 3.60. The first kappa shape index (κ1) is 16.0. The van der Waals surface area contributed by atoms with Crippen molar-refractivity contribution < 1.29 is 4.74 Å². The quantitative estimate of drug-likeness (QED) is 0.721. The van der Waals surface area contributed by atoms with Crippen molar-refractivity contribution in [1.82, 2.24) is 5.32 Å². The maximum atomic E-state index is 5.74. The van der Waals surface area contributed by atoms with Gasteiger partial charge in [0.25, 0.3) is 0 Å². The summed E-state index contributed by atoms with van der Waals surface area (Å²) in [7, 11) is 0. The van der Waals surface area contributed by atoms with Gasteiger partial charge < -0.3 is 10.1 Å². The lowest BCUT2D eigenvalue weighted by Gasteiger charge is -2.17. The van der Waals surface area contributed by atoms with Crippen molar-refractivity contribution in [2.24, 2.45) is 0 Å². The highest BCUT2D eigenvalue weighted by atomic mass is 16.5. The van der Waals surface area contributed by atoms with Gasteiger partial charge in [-0.15, -0.1) is 0 Å². The van der Waals surface area contributed by atoms with Gasteiger partial charge in [-0.25, -0.2) is 0 Å². The lowest BCUT2D eigenvalue weighted by molar-refractivity contribution is 0.242. The third-order valence-electron chi connectivity index (χ3n) is 3.23. The summed E-state index contributed by atoms with van der Waals surface area (Å²) in [5.41, 5.74) is 1.37. The van der Waals surface area contributed by atoms with Crippen LogP contribution in [0.25, 0.3) is 0 Å². The Hall–Kier alpha value is -1.02. The summed E-state index contributed by atoms with van der Waals surface area (Å²) in [4.78, 5) is 0. The van der Waals surface area contributed by atoms with Crippen molar-refractivity contribution in [2.45, 2.75) is 65.5 Å². The Kier molecular flexibility index (Phi) is 7.57. The molecule has 0 radical (unpaired) electrons. The summed E-state index contributed by atoms with van der Waals surface area (Å²) in [5.74, 6) is 0.988. The molecule has 0 heterocycles. The van der Waals surface area contributed by atoms with Crippen molar-refractivity contribution in [2.75, 3.05) is 6.54 Å². The van der Waals surface area contributed by atoms with Gasteiger partial charge in [0.05, 0.1) is 6.10 Å². The summed E-state index contributed by atoms with van der Waals surface area (Å²) < 4.78 is 5.74. The van der Waals surface area contributed by atoms with Crippen molar-refractivity contribution in [3.63, 3.8) is 0 Å². The smallest absolute Gasteiger partial charge is 0.119 e. The molecule has 0 aliphatic rings. The molecule has 19 heavy (non-hydrogen) atoms. The lowest BCUT2D eigenvalue weighted by Crippen LogP contribution is -2.29. The maximum Gasteiger partial charge on any atom is 0.119 e. The largest absolute Gasteiger partial charge is 0.491 e. The predicted molar refractivity (Wildman–Crippen MR) is 82.9 cm³/mol. The number of aryl methyl sites for hydroxylation is 1. The van der Waals surface area contributed by atoms with Crippen LogP contribution in [-0.2, 0) is 6.42 Å². The monoisotopic (exact) mass is 263 g/mol. The topological polar surface area (TPSA) is 21.3 Å². The molecule has 1 N–H and O–H groups in total. The molecule has 0 saturated carbocycles. The van der Waals surface area contributed by atoms with Gasteiger partial charge in [-0.2, -0.15) is 0 Å². The van der Waals surface area contributed by atoms with Gasteiger partial charge in [0.15, 0.2) is 0 Å². The van der Waals surface area contributed by atoms with Crippen molar-refractivity contribution in [1.29, 1.82) is 0 Å². The molecule has 0 aliphatic carbocycles. The first-order valence-corrected chi connectivity index (χ1v) is 7.64. The summed E-state index contributed by atoms with van der Waals surface area (Å²) >= 11 is 0. The molecule has 2 nitrogen and oxygen atoms in total. The van der Waals surface area contributed by atoms with Gasteiger partial charge in [-0.3, -0.25) is 0 Å². The van der Waals surface area contributed by atoms with Crippen LogP contribution in [0, 0.1) is 0 Å². The van der Waals surface area contributed by atoms with Crippen LogP contribution >= 0.6 is 0 Å². The van der Waals surface area contributed by atoms with E-state index in [4.69, 9.17) is 4.74 Å². The van der Waals surface area contributed by atoms with Crippen LogP contribution in [0.2, 0.25) is 0 Å². The van der Waals surface area contributed by atoms with Crippen LogP contribution in [-0.4, -0.2) is 18.7 Å². The molecule has 0 fully saturated rings. The van der Waals surface area contributed by atoms with Crippen LogP contribution in [0.3, 0.4) is 0 Å². The van der Waals surface area contributed by atoms with E-state index in [1.165, 1.54) is 24.8 Å². The molecular weight excluding hydrogens is 234 g/mol. The zero-order chi connectivity index (χ0) is 14.1. The number of hydrogen-bond donors (Lipinski definition) is 1. The van der Waals surface area contributed by atoms with Gasteiger partial charge in [0, 0.05) is 6.04 Å². The Balaban J connectivity index is 2.47. The van der Waals surface area contributed by atoms with Crippen LogP contribution in [0.1, 0.15) is 52.5 Å². The molecule has 1 unspecified atom stereocenters. The highest BCUT2D eigenvalue weighted by Gasteiger charge is 2.06. The molecule has 1 aromatic rings. The molecule has 1 rings (SSSR count). The Morgan fingerprint density at radius 2 is 2.00 bits per heavy atom. The minimum atomic E-state index is 0.241. The third-order valence-corrected chi connectivity index (χ3v) is 3.23. The summed E-state index contributed by atoms with van der Waals surface area (Å²) in [6.45, 7) is 9.72. The Morgan fingerprint density at radius 1 is 1.21 bits per heavy atom. The normalized spacial score (nSPS) is 12.7. The molecule has 0 aliphatic heterocycles. The minimum absolute atomic E-state index is 0.241. The SMILES string of the molecule is CCCNC(CC)CCc1cccc(OC(C)C)c1. The van der Waals surface area contributed by atoms with Gasteiger partial charge in [0.1, 0.15) is 5.75 Å². The zero-order valence-electron chi connectivity index (χ0n) is 12.9. The van der Waals surface area contributed by atoms with Gasteiger partial charge in [0.2, 0.25) is 0 Å². The lowest BCUT2D eigenvalue weighted by atomic mass is 10.0. The van der Waals surface area contributed by atoms with Crippen molar-refractivity contribution in [3.8, 4) is 5.75 Å². The van der Waals surface area contributed by atoms with E-state index in [0.717, 1.165) is 18.7 Å². The first-order valence-electron chi connectivity index (χ1n) is 7.64. The Labute approximate surface area is 118 Å². The number of nitrogens with one attached hydrogen (secondary N) is 1. The predicted octanol–water partition coefficient (Wildman–Crippen LogP) is 4.18. The second-order valence-electron chi connectivity index (χ2n) is 5.41. The second kappa shape index (κ2) is 8.98. The third kappa shape index (κ3) is 6.63. The summed E-state index contributed by atoms with van der Waals surface area (Å²) in [6.07, 6.45) is 4.95. The average molecular weight is 263 g/mol. The highest BCUT2D eigenvalue weighted by molar-refractivity contribution is 5.28. The molecule has 0 amide bonds. The van der Waals surface area contributed by atoms with Crippen LogP contribution in [0.4, 0.5) is 0 Å². The molecule has 1 atom stereocenters. The van der Waals surface area contributed by atoms with E-state index in [1.54, 1.807) is 0 Å². The van der Waals surface area contributed by atoms with Crippen molar-refractivity contribution >= 4 is 0 Å².